The van der Waals surface area contributed by atoms with Gasteiger partial charge in [-0.1, -0.05) is 0 Å². The Hall–Kier alpha value is -2.98. The average molecular weight is 465 g/mol. The molecule has 174 valence electrons. The van der Waals surface area contributed by atoms with Crippen molar-refractivity contribution in [3.8, 4) is 23.0 Å². The van der Waals surface area contributed by atoms with E-state index in [4.69, 9.17) is 18.9 Å². The summed E-state index contributed by atoms with van der Waals surface area (Å²) in [4.78, 5) is 12.4. The molecule has 2 aromatic carbocycles. The normalized spacial score (nSPS) is 13.8. The largest absolute Gasteiger partial charge is 0.493 e. The van der Waals surface area contributed by atoms with Crippen LogP contribution in [0.2, 0.25) is 0 Å². The van der Waals surface area contributed by atoms with Gasteiger partial charge in [0, 0.05) is 25.2 Å². The maximum Gasteiger partial charge on any atom is 0.251 e. The van der Waals surface area contributed by atoms with Crippen LogP contribution in [0.3, 0.4) is 0 Å². The molecule has 0 saturated heterocycles. The first kappa shape index (κ1) is 23.7. The van der Waals surface area contributed by atoms with Crippen LogP contribution >= 0.6 is 0 Å². The van der Waals surface area contributed by atoms with Crippen LogP contribution in [0, 0.1) is 0 Å². The van der Waals surface area contributed by atoms with E-state index in [0.29, 0.717) is 41.5 Å². The van der Waals surface area contributed by atoms with Crippen molar-refractivity contribution in [3.05, 3.63) is 47.0 Å². The fourth-order valence-corrected chi connectivity index (χ4v) is 4.92. The van der Waals surface area contributed by atoms with Gasteiger partial charge >= 0.3 is 0 Å². The molecule has 1 heterocycles. The Morgan fingerprint density at radius 1 is 0.906 bits per heavy atom. The van der Waals surface area contributed by atoms with E-state index in [1.807, 2.05) is 12.1 Å². The minimum absolute atomic E-state index is 0.00912. The third-order valence-electron chi connectivity index (χ3n) is 5.37. The van der Waals surface area contributed by atoms with Crippen LogP contribution < -0.4 is 24.3 Å². The highest BCUT2D eigenvalue weighted by atomic mass is 32.2. The van der Waals surface area contributed by atoms with Gasteiger partial charge in [-0.05, 0) is 47.9 Å². The molecule has 1 N–H and O–H groups in total. The molecule has 10 heteroatoms. The zero-order valence-corrected chi connectivity index (χ0v) is 19.5. The summed E-state index contributed by atoms with van der Waals surface area (Å²) >= 11 is 0. The molecule has 0 aromatic heterocycles. The summed E-state index contributed by atoms with van der Waals surface area (Å²) in [5, 5.41) is 2.66. The topological polar surface area (TPSA) is 103 Å². The molecule has 0 radical (unpaired) electrons. The van der Waals surface area contributed by atoms with Crippen molar-refractivity contribution in [3.63, 3.8) is 0 Å². The summed E-state index contributed by atoms with van der Waals surface area (Å²) < 4.78 is 48.2. The minimum Gasteiger partial charge on any atom is -0.493 e. The fraction of sp³-hybridized carbons (Fsp3) is 0.409. The van der Waals surface area contributed by atoms with Crippen molar-refractivity contribution in [2.75, 3.05) is 47.3 Å². The molecule has 2 aromatic rings. The number of sulfonamides is 1. The summed E-state index contributed by atoms with van der Waals surface area (Å²) in [7, 11) is 2.54. The van der Waals surface area contributed by atoms with Crippen molar-refractivity contribution in [2.24, 2.45) is 0 Å². The number of hydrogen-bond donors (Lipinski definition) is 1. The number of carbonyl (C=O) groups is 1. The molecule has 0 fully saturated rings. The maximum atomic E-state index is 12.9. The first-order valence-corrected chi connectivity index (χ1v) is 11.7. The number of ether oxygens (including phenoxy) is 4. The van der Waals surface area contributed by atoms with Gasteiger partial charge in [0.15, 0.2) is 23.0 Å². The number of methoxy groups -OCH3 is 4. The molecule has 0 unspecified atom stereocenters. The molecule has 32 heavy (non-hydrogen) atoms. The maximum absolute atomic E-state index is 12.9. The first-order valence-electron chi connectivity index (χ1n) is 10.0. The Balaban J connectivity index is 1.62. The SMILES string of the molecule is COc1ccc(C(=O)NCCS(=O)(=O)N2CCc3cc(OC)c(OC)cc3C2)cc1OC. The minimum atomic E-state index is -3.56. The highest BCUT2D eigenvalue weighted by Gasteiger charge is 2.28. The lowest BCUT2D eigenvalue weighted by Crippen LogP contribution is -2.40. The zero-order valence-electron chi connectivity index (χ0n) is 18.6. The second kappa shape index (κ2) is 10.1. The molecule has 0 spiro atoms. The number of amides is 1. The standard InChI is InChI=1S/C22H28N2O7S/c1-28-18-6-5-16(12-19(18)29-2)22(25)23-8-10-32(26,27)24-9-7-15-11-20(30-3)21(31-4)13-17(15)14-24/h5-6,11-13H,7-10,14H2,1-4H3,(H,23,25). The Morgan fingerprint density at radius 2 is 1.50 bits per heavy atom. The van der Waals surface area contributed by atoms with E-state index >= 15 is 0 Å². The van der Waals surface area contributed by atoms with Crippen LogP contribution in [-0.2, 0) is 23.0 Å². The van der Waals surface area contributed by atoms with Gasteiger partial charge in [-0.2, -0.15) is 4.31 Å². The second-order valence-electron chi connectivity index (χ2n) is 7.20. The van der Waals surface area contributed by atoms with Crippen molar-refractivity contribution in [1.29, 1.82) is 0 Å². The van der Waals surface area contributed by atoms with Gasteiger partial charge < -0.3 is 24.3 Å². The molecular formula is C22H28N2O7S. The van der Waals surface area contributed by atoms with E-state index in [0.717, 1.165) is 11.1 Å². The monoisotopic (exact) mass is 464 g/mol. The van der Waals surface area contributed by atoms with Gasteiger partial charge in [0.05, 0.1) is 34.2 Å². The number of fused-ring (bicyclic) bond motifs is 1. The fourth-order valence-electron chi connectivity index (χ4n) is 3.60. The molecule has 1 aliphatic rings. The molecule has 1 aliphatic heterocycles. The summed E-state index contributed by atoms with van der Waals surface area (Å²) in [6.07, 6.45) is 0.576. The van der Waals surface area contributed by atoms with Gasteiger partial charge in [0.25, 0.3) is 5.91 Å². The first-order chi connectivity index (χ1) is 15.3. The van der Waals surface area contributed by atoms with E-state index in [9.17, 15) is 13.2 Å². The molecule has 0 aliphatic carbocycles. The number of hydrogen-bond acceptors (Lipinski definition) is 7. The van der Waals surface area contributed by atoms with Crippen LogP contribution in [0.1, 0.15) is 21.5 Å². The highest BCUT2D eigenvalue weighted by Crippen LogP contribution is 2.34. The molecule has 1 amide bonds. The van der Waals surface area contributed by atoms with Crippen LogP contribution in [0.15, 0.2) is 30.3 Å². The predicted molar refractivity (Wildman–Crippen MR) is 119 cm³/mol. The van der Waals surface area contributed by atoms with Crippen molar-refractivity contribution in [2.45, 2.75) is 13.0 Å². The summed E-state index contributed by atoms with van der Waals surface area (Å²) in [5.74, 6) is 1.53. The van der Waals surface area contributed by atoms with E-state index in [1.165, 1.54) is 18.5 Å². The molecule has 9 nitrogen and oxygen atoms in total. The Bertz CT molecular complexity index is 1090. The smallest absolute Gasteiger partial charge is 0.251 e. The molecule has 0 atom stereocenters. The van der Waals surface area contributed by atoms with Crippen LogP contribution in [0.4, 0.5) is 0 Å². The molecule has 0 bridgehead atoms. The number of nitrogens with zero attached hydrogens (tertiary/aromatic N) is 1. The number of nitrogens with one attached hydrogen (secondary N) is 1. The quantitative estimate of drug-likeness (QED) is 0.604. The number of benzene rings is 2. The number of rotatable bonds is 9. The third-order valence-corrected chi connectivity index (χ3v) is 7.19. The van der Waals surface area contributed by atoms with Gasteiger partial charge in [-0.25, -0.2) is 8.42 Å². The van der Waals surface area contributed by atoms with Crippen molar-refractivity contribution in [1.82, 2.24) is 9.62 Å². The van der Waals surface area contributed by atoms with Gasteiger partial charge in [0.2, 0.25) is 10.0 Å². The van der Waals surface area contributed by atoms with E-state index < -0.39 is 10.0 Å². The van der Waals surface area contributed by atoms with Gasteiger partial charge in [-0.3, -0.25) is 4.79 Å². The van der Waals surface area contributed by atoms with Gasteiger partial charge in [0.1, 0.15) is 0 Å². The predicted octanol–water partition coefficient (Wildman–Crippen LogP) is 1.84. The van der Waals surface area contributed by atoms with E-state index in [1.54, 1.807) is 32.4 Å². The number of carbonyl (C=O) groups excluding carboxylic acids is 1. The van der Waals surface area contributed by atoms with Crippen molar-refractivity contribution >= 4 is 15.9 Å². The lowest BCUT2D eigenvalue weighted by molar-refractivity contribution is 0.0955. The molecule has 0 saturated carbocycles. The Labute approximate surface area is 188 Å². The molecule has 3 rings (SSSR count). The van der Waals surface area contributed by atoms with E-state index in [-0.39, 0.29) is 24.7 Å². The van der Waals surface area contributed by atoms with Crippen LogP contribution in [-0.4, -0.2) is 65.9 Å². The third kappa shape index (κ3) is 5.08. The van der Waals surface area contributed by atoms with Crippen LogP contribution in [0.5, 0.6) is 23.0 Å². The van der Waals surface area contributed by atoms with Crippen molar-refractivity contribution < 1.29 is 32.2 Å². The lowest BCUT2D eigenvalue weighted by atomic mass is 10.0. The summed E-state index contributed by atoms with van der Waals surface area (Å²) in [6, 6.07) is 8.47. The highest BCUT2D eigenvalue weighted by molar-refractivity contribution is 7.89. The Kier molecular flexibility index (Phi) is 7.47. The van der Waals surface area contributed by atoms with Gasteiger partial charge in [-0.15, -0.1) is 0 Å². The lowest BCUT2D eigenvalue weighted by Gasteiger charge is -2.29. The molecular weight excluding hydrogens is 436 g/mol. The second-order valence-corrected chi connectivity index (χ2v) is 9.29. The zero-order chi connectivity index (χ0) is 23.3. The van der Waals surface area contributed by atoms with Crippen LogP contribution in [0.25, 0.3) is 0 Å². The summed E-state index contributed by atoms with van der Waals surface area (Å²) in [5.41, 5.74) is 2.27. The average Bonchev–Trinajstić information content (AvgIpc) is 2.81. The Morgan fingerprint density at radius 3 is 2.12 bits per heavy atom. The summed E-state index contributed by atoms with van der Waals surface area (Å²) in [6.45, 7) is 0.612. The van der Waals surface area contributed by atoms with E-state index in [2.05, 4.69) is 5.32 Å².